The maximum absolute atomic E-state index is 12.8. The molecule has 0 aromatic rings. The van der Waals surface area contributed by atoms with Crippen LogP contribution in [-0.4, -0.2) is 65.6 Å². The zero-order valence-electron chi connectivity index (χ0n) is 31.3. The van der Waals surface area contributed by atoms with E-state index in [1.807, 2.05) is 0 Å². The van der Waals surface area contributed by atoms with E-state index < -0.39 is 33.8 Å². The largest absolute Gasteiger partial charge is 0.436 e. The lowest BCUT2D eigenvalue weighted by atomic mass is 10.0. The number of unbranched alkanes of at least 4 members (excludes halogenated alkanes) is 15. The van der Waals surface area contributed by atoms with Crippen molar-refractivity contribution in [3.05, 3.63) is 0 Å². The zero-order chi connectivity index (χ0) is 34.1. The SMILES string of the molecule is CCCCCCCCCCCCCCCCCCNC(=O)NC[Si](C)(O[Si](C)(C)CCCN)O[Si](C)(C)O[Si](C)(C)CCCN. The molecule has 1 unspecified atom stereocenters. The highest BCUT2D eigenvalue weighted by Gasteiger charge is 2.46. The predicted octanol–water partition coefficient (Wildman–Crippen LogP) is 9.02. The van der Waals surface area contributed by atoms with Gasteiger partial charge in [0.1, 0.15) is 0 Å². The molecule has 0 aliphatic rings. The molecule has 0 fully saturated rings. The number of amides is 2. The predicted molar refractivity (Wildman–Crippen MR) is 205 cm³/mol. The Morgan fingerprint density at radius 1 is 0.533 bits per heavy atom. The van der Waals surface area contributed by atoms with E-state index in [0.717, 1.165) is 31.4 Å². The Hall–Kier alpha value is -0.0625. The molecule has 0 heterocycles. The van der Waals surface area contributed by atoms with Gasteiger partial charge in [-0.3, -0.25) is 0 Å². The van der Waals surface area contributed by atoms with Gasteiger partial charge in [-0.25, -0.2) is 4.79 Å². The van der Waals surface area contributed by atoms with E-state index in [2.05, 4.69) is 63.4 Å². The fourth-order valence-corrected chi connectivity index (χ4v) is 25.4. The minimum atomic E-state index is -2.77. The highest BCUT2D eigenvalue weighted by Crippen LogP contribution is 2.27. The number of nitrogens with one attached hydrogen (secondary N) is 2. The van der Waals surface area contributed by atoms with Gasteiger partial charge in [0.05, 0.1) is 6.17 Å². The maximum atomic E-state index is 12.8. The summed E-state index contributed by atoms with van der Waals surface area (Å²) in [5.41, 5.74) is 11.6. The molecule has 0 bridgehead atoms. The van der Waals surface area contributed by atoms with E-state index in [1.54, 1.807) is 0 Å². The summed E-state index contributed by atoms with van der Waals surface area (Å²) in [7, 11) is -9.23. The molecular formula is C33H78N4O4Si4. The lowest BCUT2D eigenvalue weighted by Crippen LogP contribution is -2.62. The average Bonchev–Trinajstić information content (AvgIpc) is 2.94. The van der Waals surface area contributed by atoms with Crippen LogP contribution in [0.3, 0.4) is 0 Å². The molecule has 8 nitrogen and oxygen atoms in total. The Morgan fingerprint density at radius 3 is 1.36 bits per heavy atom. The van der Waals surface area contributed by atoms with Gasteiger partial charge < -0.3 is 34.4 Å². The third-order valence-electron chi connectivity index (χ3n) is 8.33. The second-order valence-corrected chi connectivity index (χ2v) is 31.0. The summed E-state index contributed by atoms with van der Waals surface area (Å²) in [6, 6.07) is 1.85. The van der Waals surface area contributed by atoms with E-state index in [9.17, 15) is 4.79 Å². The monoisotopic (exact) mass is 707 g/mol. The summed E-state index contributed by atoms with van der Waals surface area (Å²) in [5, 5.41) is 6.15. The number of carbonyl (C=O) groups is 1. The first-order valence-corrected chi connectivity index (χ1v) is 30.3. The molecular weight excluding hydrogens is 629 g/mol. The van der Waals surface area contributed by atoms with Crippen LogP contribution < -0.4 is 22.1 Å². The van der Waals surface area contributed by atoms with Crippen LogP contribution in [0.25, 0.3) is 0 Å². The molecule has 0 aliphatic carbocycles. The fourth-order valence-electron chi connectivity index (χ4n) is 6.22. The quantitative estimate of drug-likeness (QED) is 0.0422. The van der Waals surface area contributed by atoms with Crippen LogP contribution >= 0.6 is 0 Å². The second-order valence-electron chi connectivity index (χ2n) is 15.1. The van der Waals surface area contributed by atoms with Gasteiger partial charge in [0.2, 0.25) is 0 Å². The Kier molecular flexibility index (Phi) is 25.9. The van der Waals surface area contributed by atoms with Gasteiger partial charge in [0.15, 0.2) is 16.6 Å². The lowest BCUT2D eigenvalue weighted by molar-refractivity contribution is 0.239. The van der Waals surface area contributed by atoms with Crippen molar-refractivity contribution >= 4 is 39.8 Å². The van der Waals surface area contributed by atoms with E-state index >= 15 is 0 Å². The molecule has 1 atom stereocenters. The van der Waals surface area contributed by atoms with E-state index in [1.165, 1.54) is 96.3 Å². The molecule has 270 valence electrons. The first kappa shape index (κ1) is 44.9. The van der Waals surface area contributed by atoms with Crippen LogP contribution in [-0.2, 0) is 12.3 Å². The van der Waals surface area contributed by atoms with Crippen molar-refractivity contribution in [2.75, 3.05) is 25.8 Å². The highest BCUT2D eigenvalue weighted by atomic mass is 28.5. The molecule has 0 rings (SSSR count). The van der Waals surface area contributed by atoms with Gasteiger partial charge in [0, 0.05) is 6.54 Å². The summed E-state index contributed by atoms with van der Waals surface area (Å²) < 4.78 is 20.4. The molecule has 0 aliphatic heterocycles. The number of carbonyl (C=O) groups excluding carboxylic acids is 1. The summed E-state index contributed by atoms with van der Waals surface area (Å²) in [5.74, 6) is 0. The van der Waals surface area contributed by atoms with E-state index in [0.29, 0.717) is 25.8 Å². The molecule has 0 spiro atoms. The minimum Gasteiger partial charge on any atom is -0.436 e. The van der Waals surface area contributed by atoms with Gasteiger partial charge in [-0.05, 0) is 90.3 Å². The molecule has 0 saturated heterocycles. The molecule has 2 amide bonds. The Bertz CT molecular complexity index is 735. The molecule has 45 heavy (non-hydrogen) atoms. The smallest absolute Gasteiger partial charge is 0.335 e. The first-order valence-electron chi connectivity index (χ1n) is 18.7. The summed E-state index contributed by atoms with van der Waals surface area (Å²) >= 11 is 0. The third-order valence-corrected chi connectivity index (χ3v) is 24.1. The Balaban J connectivity index is 4.42. The van der Waals surface area contributed by atoms with Crippen LogP contribution in [0, 0.1) is 0 Å². The van der Waals surface area contributed by atoms with Gasteiger partial charge in [0.25, 0.3) is 0 Å². The van der Waals surface area contributed by atoms with Gasteiger partial charge in [-0.1, -0.05) is 103 Å². The van der Waals surface area contributed by atoms with Crippen LogP contribution in [0.2, 0.25) is 57.9 Å². The van der Waals surface area contributed by atoms with Crippen LogP contribution in [0.15, 0.2) is 0 Å². The van der Waals surface area contributed by atoms with Crippen LogP contribution in [0.5, 0.6) is 0 Å². The Labute approximate surface area is 284 Å². The number of urea groups is 1. The van der Waals surface area contributed by atoms with Gasteiger partial charge >= 0.3 is 23.2 Å². The number of hydrogen-bond acceptors (Lipinski definition) is 6. The number of rotatable bonds is 31. The van der Waals surface area contributed by atoms with Gasteiger partial charge in [-0.15, -0.1) is 0 Å². The second kappa shape index (κ2) is 25.9. The zero-order valence-corrected chi connectivity index (χ0v) is 35.3. The van der Waals surface area contributed by atoms with Crippen molar-refractivity contribution in [3.8, 4) is 0 Å². The molecule has 6 N–H and O–H groups in total. The summed E-state index contributed by atoms with van der Waals surface area (Å²) in [6.07, 6.45) is 23.8. The maximum Gasteiger partial charge on any atom is 0.335 e. The molecule has 0 aromatic carbocycles. The van der Waals surface area contributed by atoms with Crippen molar-refractivity contribution in [1.29, 1.82) is 0 Å². The number of hydrogen-bond donors (Lipinski definition) is 4. The van der Waals surface area contributed by atoms with Crippen molar-refractivity contribution in [2.45, 2.75) is 180 Å². The summed E-state index contributed by atoms with van der Waals surface area (Å²) in [6.45, 7) is 19.6. The standard InChI is InChI=1S/C33H78N4O4Si4/c1-9-10-11-12-13-14-15-16-17-18-19-20-21-22-23-24-29-36-33(38)37-32-45(8,40-43(4,5)31-26-28-35)41-44(6,7)39-42(2,3)30-25-27-34/h9-32,34-35H2,1-8H3,(H2,36,37,38). The highest BCUT2D eigenvalue weighted by molar-refractivity contribution is 6.90. The van der Waals surface area contributed by atoms with Crippen molar-refractivity contribution in [3.63, 3.8) is 0 Å². The number of nitrogens with two attached hydrogens (primary N) is 2. The molecule has 0 aromatic heterocycles. The third kappa shape index (κ3) is 27.6. The van der Waals surface area contributed by atoms with Crippen LogP contribution in [0.4, 0.5) is 4.79 Å². The molecule has 12 heteroatoms. The van der Waals surface area contributed by atoms with Crippen LogP contribution in [0.1, 0.15) is 122 Å². The average molecular weight is 707 g/mol. The van der Waals surface area contributed by atoms with Crippen molar-refractivity contribution < 1.29 is 17.1 Å². The molecule has 0 saturated carbocycles. The van der Waals surface area contributed by atoms with E-state index in [4.69, 9.17) is 23.8 Å². The Morgan fingerprint density at radius 2 is 0.933 bits per heavy atom. The summed E-state index contributed by atoms with van der Waals surface area (Å²) in [4.78, 5) is 12.8. The first-order chi connectivity index (χ1) is 21.2. The minimum absolute atomic E-state index is 0.138. The van der Waals surface area contributed by atoms with Crippen molar-refractivity contribution in [2.24, 2.45) is 11.5 Å². The lowest BCUT2D eigenvalue weighted by Gasteiger charge is -2.42. The van der Waals surface area contributed by atoms with E-state index in [-0.39, 0.29) is 6.03 Å². The topological polar surface area (TPSA) is 121 Å². The molecule has 0 radical (unpaired) electrons. The van der Waals surface area contributed by atoms with Gasteiger partial charge in [-0.2, -0.15) is 0 Å². The normalized spacial score (nSPS) is 14.0. The fraction of sp³-hybridized carbons (Fsp3) is 0.970. The van der Waals surface area contributed by atoms with Crippen molar-refractivity contribution in [1.82, 2.24) is 10.6 Å².